The number of rotatable bonds is 2. The highest BCUT2D eigenvalue weighted by molar-refractivity contribution is 5.97. The van der Waals surface area contributed by atoms with Crippen LogP contribution in [0.3, 0.4) is 0 Å². The van der Waals surface area contributed by atoms with Gasteiger partial charge in [0.15, 0.2) is 0 Å². The van der Waals surface area contributed by atoms with Gasteiger partial charge in [-0.1, -0.05) is 0 Å². The van der Waals surface area contributed by atoms with Gasteiger partial charge < -0.3 is 15.3 Å². The van der Waals surface area contributed by atoms with E-state index in [1.807, 2.05) is 6.92 Å². The molecule has 0 spiro atoms. The third-order valence-electron chi connectivity index (χ3n) is 3.24. The van der Waals surface area contributed by atoms with E-state index < -0.39 is 12.0 Å². The van der Waals surface area contributed by atoms with E-state index in [0.717, 1.165) is 5.69 Å². The van der Waals surface area contributed by atoms with E-state index in [0.29, 0.717) is 24.3 Å². The van der Waals surface area contributed by atoms with Gasteiger partial charge in [-0.3, -0.25) is 9.78 Å². The van der Waals surface area contributed by atoms with E-state index in [1.165, 1.54) is 4.90 Å². The molecule has 1 unspecified atom stereocenters. The SMILES string of the molecule is Cc1ccc(C(=O)N2CCNCC2C(=O)O)c(C)n1. The summed E-state index contributed by atoms with van der Waals surface area (Å²) in [5.74, 6) is -1.25. The molecule has 1 saturated heterocycles. The smallest absolute Gasteiger partial charge is 0.327 e. The van der Waals surface area contributed by atoms with Gasteiger partial charge in [0.1, 0.15) is 6.04 Å². The van der Waals surface area contributed by atoms with E-state index >= 15 is 0 Å². The van der Waals surface area contributed by atoms with Crippen molar-refractivity contribution < 1.29 is 14.7 Å². The van der Waals surface area contributed by atoms with Crippen LogP contribution >= 0.6 is 0 Å². The van der Waals surface area contributed by atoms with Crippen LogP contribution in [-0.4, -0.2) is 52.5 Å². The van der Waals surface area contributed by atoms with Crippen LogP contribution in [0.1, 0.15) is 21.7 Å². The van der Waals surface area contributed by atoms with Gasteiger partial charge in [0.2, 0.25) is 0 Å². The van der Waals surface area contributed by atoms with Crippen LogP contribution in [0, 0.1) is 13.8 Å². The zero-order valence-electron chi connectivity index (χ0n) is 11.0. The molecule has 6 nitrogen and oxygen atoms in total. The fraction of sp³-hybridized carbons (Fsp3) is 0.462. The first-order chi connectivity index (χ1) is 9.00. The van der Waals surface area contributed by atoms with E-state index in [1.54, 1.807) is 19.1 Å². The maximum atomic E-state index is 12.4. The number of hydrogen-bond donors (Lipinski definition) is 2. The minimum Gasteiger partial charge on any atom is -0.480 e. The lowest BCUT2D eigenvalue weighted by molar-refractivity contribution is -0.142. The van der Waals surface area contributed by atoms with Crippen molar-refractivity contribution in [2.45, 2.75) is 19.9 Å². The second-order valence-corrected chi connectivity index (χ2v) is 4.64. The van der Waals surface area contributed by atoms with Crippen LogP contribution in [0.15, 0.2) is 12.1 Å². The second-order valence-electron chi connectivity index (χ2n) is 4.64. The Morgan fingerprint density at radius 3 is 2.79 bits per heavy atom. The van der Waals surface area contributed by atoms with Gasteiger partial charge in [-0.05, 0) is 26.0 Å². The number of nitrogens with zero attached hydrogens (tertiary/aromatic N) is 2. The molecule has 1 aliphatic heterocycles. The molecule has 0 aromatic carbocycles. The Labute approximate surface area is 111 Å². The van der Waals surface area contributed by atoms with Crippen molar-refractivity contribution in [1.82, 2.24) is 15.2 Å². The number of carboxylic acid groups (broad SMARTS) is 1. The lowest BCUT2D eigenvalue weighted by atomic mass is 10.1. The number of amides is 1. The van der Waals surface area contributed by atoms with E-state index in [2.05, 4.69) is 10.3 Å². The molecule has 1 aliphatic rings. The Morgan fingerprint density at radius 2 is 2.16 bits per heavy atom. The molecule has 2 rings (SSSR count). The fourth-order valence-electron chi connectivity index (χ4n) is 2.24. The lowest BCUT2D eigenvalue weighted by Gasteiger charge is -2.33. The maximum Gasteiger partial charge on any atom is 0.327 e. The summed E-state index contributed by atoms with van der Waals surface area (Å²) in [6.07, 6.45) is 0. The zero-order valence-corrected chi connectivity index (χ0v) is 11.0. The van der Waals surface area contributed by atoms with E-state index in [9.17, 15) is 9.59 Å². The molecule has 1 fully saturated rings. The minimum atomic E-state index is -0.988. The number of pyridine rings is 1. The van der Waals surface area contributed by atoms with E-state index in [-0.39, 0.29) is 12.5 Å². The summed E-state index contributed by atoms with van der Waals surface area (Å²) in [5.41, 5.74) is 1.94. The normalized spacial score (nSPS) is 19.3. The van der Waals surface area contributed by atoms with Crippen LogP contribution in [0.4, 0.5) is 0 Å². The number of nitrogens with one attached hydrogen (secondary N) is 1. The highest BCUT2D eigenvalue weighted by atomic mass is 16.4. The largest absolute Gasteiger partial charge is 0.480 e. The number of carbonyl (C=O) groups excluding carboxylic acids is 1. The summed E-state index contributed by atoms with van der Waals surface area (Å²) in [6, 6.07) is 2.65. The van der Waals surface area contributed by atoms with Crippen molar-refractivity contribution in [3.05, 3.63) is 29.1 Å². The molecule has 6 heteroatoms. The quantitative estimate of drug-likeness (QED) is 0.796. The predicted octanol–water partition coefficient (Wildman–Crippen LogP) is 0.197. The zero-order chi connectivity index (χ0) is 14.0. The van der Waals surface area contributed by atoms with Gasteiger partial charge in [-0.25, -0.2) is 4.79 Å². The molecule has 0 saturated carbocycles. The van der Waals surface area contributed by atoms with Crippen LogP contribution in [0.5, 0.6) is 0 Å². The van der Waals surface area contributed by atoms with Gasteiger partial charge in [-0.2, -0.15) is 0 Å². The first-order valence-corrected chi connectivity index (χ1v) is 6.19. The molecular formula is C13H17N3O3. The summed E-state index contributed by atoms with van der Waals surface area (Å²) < 4.78 is 0. The Morgan fingerprint density at radius 1 is 1.42 bits per heavy atom. The monoisotopic (exact) mass is 263 g/mol. The van der Waals surface area contributed by atoms with E-state index in [4.69, 9.17) is 5.11 Å². The standard InChI is InChI=1S/C13H17N3O3/c1-8-3-4-10(9(2)15-8)12(17)16-6-5-14-7-11(16)13(18)19/h3-4,11,14H,5-7H2,1-2H3,(H,18,19). The average molecular weight is 263 g/mol. The summed E-state index contributed by atoms with van der Waals surface area (Å²) in [6.45, 7) is 4.89. The molecule has 0 bridgehead atoms. The summed E-state index contributed by atoms with van der Waals surface area (Å²) in [5, 5.41) is 12.2. The molecule has 2 heterocycles. The van der Waals surface area contributed by atoms with Gasteiger partial charge in [0.25, 0.3) is 5.91 Å². The molecule has 0 aliphatic carbocycles. The number of aliphatic carboxylic acids is 1. The summed E-state index contributed by atoms with van der Waals surface area (Å²) >= 11 is 0. The van der Waals surface area contributed by atoms with Crippen LogP contribution < -0.4 is 5.32 Å². The number of carboxylic acids is 1. The van der Waals surface area contributed by atoms with Crippen molar-refractivity contribution >= 4 is 11.9 Å². The number of aromatic nitrogens is 1. The van der Waals surface area contributed by atoms with Gasteiger partial charge in [0.05, 0.1) is 11.3 Å². The number of aryl methyl sites for hydroxylation is 2. The van der Waals surface area contributed by atoms with Crippen LogP contribution in [-0.2, 0) is 4.79 Å². The molecule has 19 heavy (non-hydrogen) atoms. The third kappa shape index (κ3) is 2.73. The molecule has 0 radical (unpaired) electrons. The Bertz CT molecular complexity index is 516. The Kier molecular flexibility index (Phi) is 3.80. The number of hydrogen-bond acceptors (Lipinski definition) is 4. The van der Waals surface area contributed by atoms with Crippen molar-refractivity contribution in [2.24, 2.45) is 0 Å². The minimum absolute atomic E-state index is 0.265. The highest BCUT2D eigenvalue weighted by Crippen LogP contribution is 2.14. The Balaban J connectivity index is 2.28. The molecule has 1 aromatic heterocycles. The van der Waals surface area contributed by atoms with Crippen molar-refractivity contribution in [2.75, 3.05) is 19.6 Å². The lowest BCUT2D eigenvalue weighted by Crippen LogP contribution is -2.57. The first-order valence-electron chi connectivity index (χ1n) is 6.19. The Hall–Kier alpha value is -1.95. The van der Waals surface area contributed by atoms with Gasteiger partial charge >= 0.3 is 5.97 Å². The number of piperazine rings is 1. The predicted molar refractivity (Wildman–Crippen MR) is 69.0 cm³/mol. The topological polar surface area (TPSA) is 82.5 Å². The highest BCUT2D eigenvalue weighted by Gasteiger charge is 2.33. The fourth-order valence-corrected chi connectivity index (χ4v) is 2.24. The molecule has 1 aromatic rings. The summed E-state index contributed by atoms with van der Waals surface area (Å²) in [7, 11) is 0. The molecule has 2 N–H and O–H groups in total. The molecule has 1 atom stereocenters. The number of carbonyl (C=O) groups is 2. The average Bonchev–Trinajstić information content (AvgIpc) is 2.38. The molecule has 102 valence electrons. The first kappa shape index (κ1) is 13.5. The van der Waals surface area contributed by atoms with Gasteiger partial charge in [-0.15, -0.1) is 0 Å². The van der Waals surface area contributed by atoms with Gasteiger partial charge in [0, 0.05) is 25.3 Å². The second kappa shape index (κ2) is 5.36. The third-order valence-corrected chi connectivity index (χ3v) is 3.24. The van der Waals surface area contributed by atoms with Crippen LogP contribution in [0.25, 0.3) is 0 Å². The molecular weight excluding hydrogens is 246 g/mol. The maximum absolute atomic E-state index is 12.4. The van der Waals surface area contributed by atoms with Crippen molar-refractivity contribution in [1.29, 1.82) is 0 Å². The molecule has 1 amide bonds. The van der Waals surface area contributed by atoms with Crippen molar-refractivity contribution in [3.8, 4) is 0 Å². The summed E-state index contributed by atoms with van der Waals surface area (Å²) in [4.78, 5) is 29.3. The van der Waals surface area contributed by atoms with Crippen molar-refractivity contribution in [3.63, 3.8) is 0 Å². The van der Waals surface area contributed by atoms with Crippen LogP contribution in [0.2, 0.25) is 0 Å².